The van der Waals surface area contributed by atoms with Gasteiger partial charge in [-0.2, -0.15) is 0 Å². The van der Waals surface area contributed by atoms with E-state index in [2.05, 4.69) is 16.5 Å². The molecule has 0 saturated heterocycles. The van der Waals surface area contributed by atoms with Crippen molar-refractivity contribution in [3.8, 4) is 0 Å². The lowest BCUT2D eigenvalue weighted by Gasteiger charge is -1.96. The fourth-order valence-corrected chi connectivity index (χ4v) is 0.249. The Balaban J connectivity index is 3.74. The zero-order chi connectivity index (χ0) is 7.98. The van der Waals surface area contributed by atoms with E-state index in [1.165, 1.54) is 6.08 Å². The topological polar surface area (TPSA) is 84.9 Å². The van der Waals surface area contributed by atoms with Crippen molar-refractivity contribution < 1.29 is 14.7 Å². The molecule has 0 saturated carbocycles. The van der Waals surface area contributed by atoms with Crippen LogP contribution in [-0.2, 0) is 9.53 Å². The van der Waals surface area contributed by atoms with E-state index in [-0.39, 0.29) is 6.61 Å². The molecule has 0 spiro atoms. The minimum Gasteiger partial charge on any atom is -0.456 e. The molecule has 0 atom stereocenters. The lowest BCUT2D eigenvalue weighted by molar-refractivity contribution is -0.134. The van der Waals surface area contributed by atoms with Crippen molar-refractivity contribution in [1.29, 1.82) is 0 Å². The van der Waals surface area contributed by atoms with Crippen molar-refractivity contribution in [2.45, 2.75) is 0 Å². The summed E-state index contributed by atoms with van der Waals surface area (Å²) in [7, 11) is 0. The predicted octanol–water partition coefficient (Wildman–Crippen LogP) is -0.538. The average molecular weight is 144 g/mol. The molecule has 0 bridgehead atoms. The number of nitrogens with two attached hydrogens (primary N) is 1. The first-order valence-electron chi connectivity index (χ1n) is 2.48. The summed E-state index contributed by atoms with van der Waals surface area (Å²) in [6.45, 7) is 3.35. The van der Waals surface area contributed by atoms with Crippen LogP contribution in [-0.4, -0.2) is 23.6 Å². The van der Waals surface area contributed by atoms with Crippen LogP contribution in [0.1, 0.15) is 0 Å². The van der Waals surface area contributed by atoms with Gasteiger partial charge in [-0.3, -0.25) is 0 Å². The van der Waals surface area contributed by atoms with E-state index in [4.69, 9.17) is 10.9 Å². The van der Waals surface area contributed by atoms with Crippen molar-refractivity contribution in [3.05, 3.63) is 12.7 Å². The van der Waals surface area contributed by atoms with E-state index in [0.717, 1.165) is 0 Å². The van der Waals surface area contributed by atoms with Crippen LogP contribution < -0.4 is 5.73 Å². The van der Waals surface area contributed by atoms with Crippen LogP contribution in [0, 0.1) is 0 Å². The number of oxime groups is 1. The second-order valence-electron chi connectivity index (χ2n) is 1.37. The van der Waals surface area contributed by atoms with Gasteiger partial charge in [0.25, 0.3) is 0 Å². The molecule has 0 amide bonds. The van der Waals surface area contributed by atoms with E-state index in [1.54, 1.807) is 0 Å². The lowest BCUT2D eigenvalue weighted by Crippen LogP contribution is -2.25. The van der Waals surface area contributed by atoms with E-state index < -0.39 is 11.8 Å². The Morgan fingerprint density at radius 3 is 2.90 bits per heavy atom. The van der Waals surface area contributed by atoms with Crippen molar-refractivity contribution in [1.82, 2.24) is 0 Å². The molecule has 0 fully saturated rings. The van der Waals surface area contributed by atoms with Gasteiger partial charge in [-0.1, -0.05) is 17.8 Å². The number of hydrogen-bond donors (Lipinski definition) is 2. The minimum absolute atomic E-state index is 0.0506. The monoisotopic (exact) mass is 144 g/mol. The van der Waals surface area contributed by atoms with Gasteiger partial charge in [-0.05, 0) is 0 Å². The van der Waals surface area contributed by atoms with Crippen molar-refractivity contribution in [3.63, 3.8) is 0 Å². The molecule has 0 unspecified atom stereocenters. The first-order valence-corrected chi connectivity index (χ1v) is 2.48. The first kappa shape index (κ1) is 8.48. The van der Waals surface area contributed by atoms with Crippen molar-refractivity contribution in [2.75, 3.05) is 6.61 Å². The Hall–Kier alpha value is -1.52. The van der Waals surface area contributed by atoms with E-state index >= 15 is 0 Å². The highest BCUT2D eigenvalue weighted by Crippen LogP contribution is 1.78. The Kier molecular flexibility index (Phi) is 3.70. The molecule has 5 heteroatoms. The Bertz CT molecular complexity index is 164. The number of carbonyl (C=O) groups is 1. The third kappa shape index (κ3) is 2.71. The molecule has 0 heterocycles. The van der Waals surface area contributed by atoms with Gasteiger partial charge in [0.2, 0.25) is 5.84 Å². The SMILES string of the molecule is C=CCOC(=O)C(N)=NO. The van der Waals surface area contributed by atoms with Crippen LogP contribution in [0.25, 0.3) is 0 Å². The summed E-state index contributed by atoms with van der Waals surface area (Å²) >= 11 is 0. The number of esters is 1. The molecule has 0 rings (SSSR count). The highest BCUT2D eigenvalue weighted by molar-refractivity contribution is 6.34. The molecule has 56 valence electrons. The summed E-state index contributed by atoms with van der Waals surface area (Å²) in [6.07, 6.45) is 1.38. The summed E-state index contributed by atoms with van der Waals surface area (Å²) in [5.74, 6) is -1.43. The molecule has 0 aliphatic rings. The second-order valence-corrected chi connectivity index (χ2v) is 1.37. The fraction of sp³-hybridized carbons (Fsp3) is 0.200. The number of hydrogen-bond acceptors (Lipinski definition) is 4. The lowest BCUT2D eigenvalue weighted by atomic mass is 10.6. The molecular weight excluding hydrogens is 136 g/mol. The zero-order valence-corrected chi connectivity index (χ0v) is 5.28. The van der Waals surface area contributed by atoms with Crippen LogP contribution >= 0.6 is 0 Å². The molecule has 0 aromatic heterocycles. The maximum atomic E-state index is 10.4. The summed E-state index contributed by atoms with van der Waals surface area (Å²) in [5.41, 5.74) is 4.85. The molecule has 0 aromatic rings. The third-order valence-electron chi connectivity index (χ3n) is 0.649. The average Bonchev–Trinajstić information content (AvgIpc) is 1.98. The van der Waals surface area contributed by atoms with Gasteiger partial charge in [-0.25, -0.2) is 4.79 Å². The molecular formula is C5H8N2O3. The van der Waals surface area contributed by atoms with E-state index in [9.17, 15) is 4.79 Å². The molecule has 0 aromatic carbocycles. The Morgan fingerprint density at radius 1 is 1.90 bits per heavy atom. The minimum atomic E-state index is -0.859. The zero-order valence-electron chi connectivity index (χ0n) is 5.28. The van der Waals surface area contributed by atoms with Crippen LogP contribution in [0.5, 0.6) is 0 Å². The summed E-state index contributed by atoms with van der Waals surface area (Å²) in [4.78, 5) is 10.4. The largest absolute Gasteiger partial charge is 0.456 e. The van der Waals surface area contributed by atoms with E-state index in [1.807, 2.05) is 0 Å². The number of carbonyl (C=O) groups excluding carboxylic acids is 1. The smallest absolute Gasteiger partial charge is 0.377 e. The molecule has 5 nitrogen and oxygen atoms in total. The number of rotatable bonds is 2. The van der Waals surface area contributed by atoms with Gasteiger partial charge in [0.1, 0.15) is 6.61 Å². The van der Waals surface area contributed by atoms with Gasteiger partial charge in [0, 0.05) is 0 Å². The van der Waals surface area contributed by atoms with Gasteiger partial charge < -0.3 is 15.7 Å². The summed E-state index contributed by atoms with van der Waals surface area (Å²) in [5, 5.41) is 10.4. The van der Waals surface area contributed by atoms with Crippen molar-refractivity contribution >= 4 is 11.8 Å². The number of nitrogens with zero attached hydrogens (tertiary/aromatic N) is 1. The van der Waals surface area contributed by atoms with Gasteiger partial charge >= 0.3 is 5.97 Å². The van der Waals surface area contributed by atoms with Crippen LogP contribution in [0.2, 0.25) is 0 Å². The number of ether oxygens (including phenoxy) is 1. The van der Waals surface area contributed by atoms with Gasteiger partial charge in [0.05, 0.1) is 0 Å². The predicted molar refractivity (Wildman–Crippen MR) is 34.6 cm³/mol. The summed E-state index contributed by atoms with van der Waals surface area (Å²) < 4.78 is 4.37. The molecule has 10 heavy (non-hydrogen) atoms. The third-order valence-corrected chi connectivity index (χ3v) is 0.649. The van der Waals surface area contributed by atoms with Crippen LogP contribution in [0.4, 0.5) is 0 Å². The molecule has 0 aliphatic carbocycles. The van der Waals surface area contributed by atoms with Crippen LogP contribution in [0.15, 0.2) is 17.8 Å². The van der Waals surface area contributed by atoms with Crippen molar-refractivity contribution in [2.24, 2.45) is 10.9 Å². The standard InChI is InChI=1S/C5H8N2O3/c1-2-3-10-5(8)4(6)7-9/h2,9H,1,3H2,(H2,6,7). The molecule has 0 radical (unpaired) electrons. The highest BCUT2D eigenvalue weighted by Gasteiger charge is 2.06. The van der Waals surface area contributed by atoms with E-state index in [0.29, 0.717) is 0 Å². The van der Waals surface area contributed by atoms with Gasteiger partial charge in [-0.15, -0.1) is 0 Å². The second kappa shape index (κ2) is 4.37. The first-order chi connectivity index (χ1) is 4.72. The Labute approximate surface area is 57.8 Å². The fourth-order valence-electron chi connectivity index (χ4n) is 0.249. The normalized spacial score (nSPS) is 10.6. The maximum Gasteiger partial charge on any atom is 0.377 e. The molecule has 0 aliphatic heterocycles. The maximum absolute atomic E-state index is 10.4. The quantitative estimate of drug-likeness (QED) is 0.136. The Morgan fingerprint density at radius 2 is 2.50 bits per heavy atom. The summed E-state index contributed by atoms with van der Waals surface area (Å²) in [6, 6.07) is 0. The number of amidine groups is 1. The van der Waals surface area contributed by atoms with Gasteiger partial charge in [0.15, 0.2) is 0 Å². The van der Waals surface area contributed by atoms with Crippen LogP contribution in [0.3, 0.4) is 0 Å². The highest BCUT2D eigenvalue weighted by atomic mass is 16.5. The molecule has 3 N–H and O–H groups in total.